The van der Waals surface area contributed by atoms with E-state index < -0.39 is 0 Å². The fraction of sp³-hybridized carbons (Fsp3) is 0. The molecule has 0 saturated carbocycles. The molecule has 3 heterocycles. The first-order chi connectivity index (χ1) is 26.7. The van der Waals surface area contributed by atoms with E-state index in [0.717, 1.165) is 65.4 Å². The average Bonchev–Trinajstić information content (AvgIpc) is 3.83. The minimum absolute atomic E-state index is 0.638. The fourth-order valence-corrected chi connectivity index (χ4v) is 9.71. The normalized spacial score (nSPS) is 11.7. The van der Waals surface area contributed by atoms with Crippen LogP contribution >= 0.6 is 22.7 Å². The first-order valence-electron chi connectivity index (χ1n) is 17.9. The molecule has 3 aromatic heterocycles. The van der Waals surface area contributed by atoms with Crippen molar-refractivity contribution in [3.05, 3.63) is 170 Å². The molecule has 54 heavy (non-hydrogen) atoms. The van der Waals surface area contributed by atoms with Crippen molar-refractivity contribution < 1.29 is 0 Å². The molecule has 252 valence electrons. The molecule has 4 nitrogen and oxygen atoms in total. The summed E-state index contributed by atoms with van der Waals surface area (Å²) in [4.78, 5) is 21.0. The quantitative estimate of drug-likeness (QED) is 0.177. The minimum Gasteiger partial charge on any atom is -0.236 e. The minimum atomic E-state index is 0.638. The van der Waals surface area contributed by atoms with Gasteiger partial charge in [-0.2, -0.15) is 0 Å². The Morgan fingerprint density at radius 1 is 0.333 bits per heavy atom. The van der Waals surface area contributed by atoms with E-state index in [1.165, 1.54) is 24.9 Å². The van der Waals surface area contributed by atoms with Crippen LogP contribution in [0, 0.1) is 0 Å². The molecule has 0 spiro atoms. The third kappa shape index (κ3) is 5.26. The zero-order valence-electron chi connectivity index (χ0n) is 28.8. The highest BCUT2D eigenvalue weighted by molar-refractivity contribution is 7.26. The molecule has 8 aromatic carbocycles. The molecule has 0 N–H and O–H groups in total. The predicted molar refractivity (Wildman–Crippen MR) is 228 cm³/mol. The molecule has 11 rings (SSSR count). The van der Waals surface area contributed by atoms with Crippen molar-refractivity contribution in [1.29, 1.82) is 0 Å². The highest BCUT2D eigenvalue weighted by Crippen LogP contribution is 2.43. The van der Waals surface area contributed by atoms with E-state index >= 15 is 0 Å². The molecule has 0 radical (unpaired) electrons. The summed E-state index contributed by atoms with van der Waals surface area (Å²) in [6.45, 7) is 0. The Balaban J connectivity index is 1.17. The van der Waals surface area contributed by atoms with Gasteiger partial charge in [-0.25, -0.2) is 19.9 Å². The lowest BCUT2D eigenvalue weighted by Crippen LogP contribution is -2.01. The van der Waals surface area contributed by atoms with E-state index in [4.69, 9.17) is 19.9 Å². The van der Waals surface area contributed by atoms with Crippen molar-refractivity contribution in [2.45, 2.75) is 0 Å². The molecule has 11 aromatic rings. The monoisotopic (exact) mass is 724 g/mol. The maximum Gasteiger partial charge on any atom is 0.164 e. The molecule has 0 aliphatic heterocycles. The number of fused-ring (bicyclic) bond motifs is 6. The van der Waals surface area contributed by atoms with Crippen molar-refractivity contribution in [3.63, 3.8) is 0 Å². The molecule has 0 bridgehead atoms. The smallest absolute Gasteiger partial charge is 0.164 e. The van der Waals surface area contributed by atoms with Gasteiger partial charge in [-0.1, -0.05) is 133 Å². The van der Waals surface area contributed by atoms with E-state index in [1.54, 1.807) is 22.7 Å². The maximum absolute atomic E-state index is 5.37. The van der Waals surface area contributed by atoms with Gasteiger partial charge in [-0.3, -0.25) is 0 Å². The summed E-state index contributed by atoms with van der Waals surface area (Å²) >= 11 is 3.54. The molecule has 0 amide bonds. The molecular formula is C48H28N4S2. The molecular weight excluding hydrogens is 697 g/mol. The largest absolute Gasteiger partial charge is 0.236 e. The molecule has 0 unspecified atom stereocenters. The summed E-state index contributed by atoms with van der Waals surface area (Å²) in [6.07, 6.45) is 0. The first-order valence-corrected chi connectivity index (χ1v) is 19.5. The first kappa shape index (κ1) is 31.0. The summed E-state index contributed by atoms with van der Waals surface area (Å²) in [5.41, 5.74) is 7.21. The Kier molecular flexibility index (Phi) is 7.18. The van der Waals surface area contributed by atoms with Crippen LogP contribution in [0.3, 0.4) is 0 Å². The van der Waals surface area contributed by atoms with Crippen molar-refractivity contribution in [2.24, 2.45) is 0 Å². The van der Waals surface area contributed by atoms with Gasteiger partial charge in [0.05, 0.1) is 10.2 Å². The van der Waals surface area contributed by atoms with Gasteiger partial charge in [0.1, 0.15) is 5.01 Å². The third-order valence-corrected chi connectivity index (χ3v) is 12.3. The number of thiophene rings is 1. The lowest BCUT2D eigenvalue weighted by Gasteiger charge is -2.14. The summed E-state index contributed by atoms with van der Waals surface area (Å²) < 4.78 is 3.59. The van der Waals surface area contributed by atoms with Gasteiger partial charge >= 0.3 is 0 Å². The van der Waals surface area contributed by atoms with Crippen molar-refractivity contribution in [2.75, 3.05) is 0 Å². The summed E-state index contributed by atoms with van der Waals surface area (Å²) in [7, 11) is 0. The number of rotatable bonds is 5. The van der Waals surface area contributed by atoms with Crippen molar-refractivity contribution >= 4 is 74.6 Å². The average molecular weight is 725 g/mol. The van der Waals surface area contributed by atoms with Gasteiger partial charge in [-0.15, -0.1) is 22.7 Å². The number of nitrogens with zero attached hydrogens (tertiary/aromatic N) is 4. The molecule has 0 atom stereocenters. The number of aromatic nitrogens is 4. The van der Waals surface area contributed by atoms with Crippen LogP contribution in [0.2, 0.25) is 0 Å². The van der Waals surface area contributed by atoms with Crippen LogP contribution in [-0.2, 0) is 0 Å². The van der Waals surface area contributed by atoms with Crippen LogP contribution in [0.5, 0.6) is 0 Å². The number of hydrogen-bond acceptors (Lipinski definition) is 6. The van der Waals surface area contributed by atoms with Gasteiger partial charge in [-0.05, 0) is 69.1 Å². The number of benzene rings is 8. The van der Waals surface area contributed by atoms with Gasteiger partial charge in [0, 0.05) is 42.4 Å². The Hall–Kier alpha value is -6.60. The van der Waals surface area contributed by atoms with E-state index in [-0.39, 0.29) is 0 Å². The third-order valence-electron chi connectivity index (χ3n) is 10.1. The summed E-state index contributed by atoms with van der Waals surface area (Å²) in [5.74, 6) is 1.92. The lowest BCUT2D eigenvalue weighted by molar-refractivity contribution is 1.08. The maximum atomic E-state index is 5.37. The van der Waals surface area contributed by atoms with Crippen LogP contribution in [0.1, 0.15) is 0 Å². The topological polar surface area (TPSA) is 51.6 Å². The van der Waals surface area contributed by atoms with Crippen molar-refractivity contribution in [1.82, 2.24) is 19.9 Å². The number of thiazole rings is 1. The zero-order valence-corrected chi connectivity index (χ0v) is 30.4. The lowest BCUT2D eigenvalue weighted by atomic mass is 9.95. The highest BCUT2D eigenvalue weighted by atomic mass is 32.1. The fourth-order valence-electron chi connectivity index (χ4n) is 7.49. The Bertz CT molecular complexity index is 3220. The predicted octanol–water partition coefficient (Wildman–Crippen LogP) is 13.5. The van der Waals surface area contributed by atoms with E-state index in [0.29, 0.717) is 17.5 Å². The second-order valence-electron chi connectivity index (χ2n) is 13.5. The van der Waals surface area contributed by atoms with Crippen molar-refractivity contribution in [3.8, 4) is 55.9 Å². The molecule has 0 aliphatic carbocycles. The van der Waals surface area contributed by atoms with Crippen LogP contribution < -0.4 is 0 Å². The Morgan fingerprint density at radius 2 is 0.963 bits per heavy atom. The van der Waals surface area contributed by atoms with Gasteiger partial charge in [0.15, 0.2) is 17.5 Å². The number of hydrogen-bond donors (Lipinski definition) is 0. The van der Waals surface area contributed by atoms with Gasteiger partial charge in [0.25, 0.3) is 0 Å². The van der Waals surface area contributed by atoms with Crippen LogP contribution in [0.25, 0.3) is 108 Å². The Morgan fingerprint density at radius 3 is 1.72 bits per heavy atom. The van der Waals surface area contributed by atoms with E-state index in [2.05, 4.69) is 164 Å². The van der Waals surface area contributed by atoms with E-state index in [1.807, 2.05) is 6.07 Å². The second-order valence-corrected chi connectivity index (χ2v) is 15.6. The Labute approximate surface area is 318 Å². The molecule has 0 fully saturated rings. The summed E-state index contributed by atoms with van der Waals surface area (Å²) in [5, 5.41) is 7.94. The van der Waals surface area contributed by atoms with Crippen LogP contribution in [-0.4, -0.2) is 19.9 Å². The van der Waals surface area contributed by atoms with Crippen LogP contribution in [0.15, 0.2) is 170 Å². The summed E-state index contributed by atoms with van der Waals surface area (Å²) in [6, 6.07) is 59.8. The second kappa shape index (κ2) is 12.5. The van der Waals surface area contributed by atoms with Crippen LogP contribution in [0.4, 0.5) is 0 Å². The van der Waals surface area contributed by atoms with Gasteiger partial charge in [0.2, 0.25) is 0 Å². The molecule has 6 heteroatoms. The standard InChI is InChI=1S/C48H28N4S2/c1-3-13-30(14-4-1)37-25-33-18-9-10-19-34(33)26-38(37)47-51-45(35-23-22-29-12-7-8-17-32(29)24-35)50-46(52-47)36-20-11-21-41-44(36)39-27-40-43(28-42(39)53-41)54-48(49-40)31-15-5-2-6-16-31/h1-28H. The SMILES string of the molecule is c1ccc(-c2nc3cc4c(cc3s2)sc2cccc(-c3nc(-c5ccc6ccccc6c5)nc(-c5cc6ccccc6cc5-c5ccccc5)n3)c24)cc1. The molecule has 0 aliphatic rings. The highest BCUT2D eigenvalue weighted by Gasteiger charge is 2.20. The van der Waals surface area contributed by atoms with E-state index in [9.17, 15) is 0 Å². The van der Waals surface area contributed by atoms with Gasteiger partial charge < -0.3 is 0 Å². The molecule has 0 saturated heterocycles. The zero-order chi connectivity index (χ0) is 35.6.